The zero-order valence-electron chi connectivity index (χ0n) is 14.4. The first-order valence-corrected chi connectivity index (χ1v) is 8.72. The number of aliphatic carboxylic acids is 1. The molecule has 2 N–H and O–H groups in total. The van der Waals surface area contributed by atoms with E-state index in [9.17, 15) is 22.8 Å². The van der Waals surface area contributed by atoms with Crippen molar-refractivity contribution in [3.05, 3.63) is 29.8 Å². The van der Waals surface area contributed by atoms with Crippen molar-refractivity contribution in [3.63, 3.8) is 0 Å². The zero-order valence-corrected chi connectivity index (χ0v) is 15.2. The largest absolute Gasteiger partial charge is 0.481 e. The van der Waals surface area contributed by atoms with E-state index in [2.05, 4.69) is 10.3 Å². The maximum atomic E-state index is 13.1. The standard InChI is InChI=1S/C17H19F3N2O3S/c1-16(2,3)10(8-12(23)24)13-14(25)22-15(26-13)21-11-7-5-4-6-9(11)17(18,19)20/h4-7,10,13H,8H2,1-3H3,(H,23,24)(H,21,22,25). The van der Waals surface area contributed by atoms with Crippen LogP contribution in [-0.2, 0) is 15.8 Å². The molecule has 2 atom stereocenters. The SMILES string of the molecule is CC(C)(C)C(CC(=O)O)C1SC(Nc2ccccc2C(F)(F)F)=NC1=O. The highest BCUT2D eigenvalue weighted by atomic mass is 32.2. The fourth-order valence-corrected chi connectivity index (χ4v) is 4.06. The van der Waals surface area contributed by atoms with Gasteiger partial charge in [0.2, 0.25) is 0 Å². The Kier molecular flexibility index (Phi) is 5.70. The zero-order chi connectivity index (χ0) is 19.7. The summed E-state index contributed by atoms with van der Waals surface area (Å²) in [6.07, 6.45) is -4.77. The first-order chi connectivity index (χ1) is 11.9. The molecule has 0 saturated carbocycles. The van der Waals surface area contributed by atoms with E-state index in [4.69, 9.17) is 5.11 Å². The highest BCUT2D eigenvalue weighted by Gasteiger charge is 2.43. The summed E-state index contributed by atoms with van der Waals surface area (Å²) in [5.74, 6) is -2.09. The number of para-hydroxylation sites is 1. The summed E-state index contributed by atoms with van der Waals surface area (Å²) in [5, 5.41) is 11.0. The molecule has 1 aliphatic heterocycles. The third-order valence-electron chi connectivity index (χ3n) is 4.04. The van der Waals surface area contributed by atoms with Crippen molar-refractivity contribution in [2.75, 3.05) is 5.32 Å². The number of nitrogens with zero attached hydrogens (tertiary/aromatic N) is 1. The van der Waals surface area contributed by atoms with Crippen LogP contribution in [-0.4, -0.2) is 27.4 Å². The fourth-order valence-electron chi connectivity index (χ4n) is 2.68. The second-order valence-electron chi connectivity index (χ2n) is 7.03. The van der Waals surface area contributed by atoms with Crippen molar-refractivity contribution < 1.29 is 27.9 Å². The van der Waals surface area contributed by atoms with Gasteiger partial charge in [-0.05, 0) is 23.5 Å². The molecular weight excluding hydrogens is 369 g/mol. The van der Waals surface area contributed by atoms with E-state index < -0.39 is 40.2 Å². The Labute approximate surface area is 153 Å². The normalized spacial score (nSPS) is 19.2. The third-order valence-corrected chi connectivity index (χ3v) is 5.24. The average molecular weight is 388 g/mol. The monoisotopic (exact) mass is 388 g/mol. The molecule has 2 rings (SSSR count). The minimum atomic E-state index is -4.55. The van der Waals surface area contributed by atoms with Gasteiger partial charge in [0.25, 0.3) is 5.91 Å². The van der Waals surface area contributed by atoms with Crippen molar-refractivity contribution in [1.82, 2.24) is 0 Å². The molecule has 5 nitrogen and oxygen atoms in total. The predicted octanol–water partition coefficient (Wildman–Crippen LogP) is 4.25. The van der Waals surface area contributed by atoms with Gasteiger partial charge in [0.1, 0.15) is 0 Å². The van der Waals surface area contributed by atoms with E-state index in [1.165, 1.54) is 18.2 Å². The maximum Gasteiger partial charge on any atom is 0.418 e. The van der Waals surface area contributed by atoms with Crippen LogP contribution in [0.3, 0.4) is 0 Å². The molecule has 0 bridgehead atoms. The lowest BCUT2D eigenvalue weighted by Gasteiger charge is -2.32. The molecule has 1 heterocycles. The molecular formula is C17H19F3N2O3S. The van der Waals surface area contributed by atoms with Crippen LogP contribution in [0.5, 0.6) is 0 Å². The van der Waals surface area contributed by atoms with Crippen molar-refractivity contribution in [3.8, 4) is 0 Å². The molecule has 0 spiro atoms. The molecule has 0 aliphatic carbocycles. The van der Waals surface area contributed by atoms with Crippen LogP contribution in [0, 0.1) is 11.3 Å². The number of anilines is 1. The van der Waals surface area contributed by atoms with E-state index in [-0.39, 0.29) is 17.3 Å². The number of halogens is 3. The molecule has 9 heteroatoms. The van der Waals surface area contributed by atoms with Gasteiger partial charge in [0.15, 0.2) is 5.17 Å². The van der Waals surface area contributed by atoms with E-state index in [1.54, 1.807) is 0 Å². The van der Waals surface area contributed by atoms with Gasteiger partial charge in [-0.2, -0.15) is 18.2 Å². The molecule has 26 heavy (non-hydrogen) atoms. The van der Waals surface area contributed by atoms with Crippen LogP contribution in [0.25, 0.3) is 0 Å². The van der Waals surface area contributed by atoms with Crippen molar-refractivity contribution in [1.29, 1.82) is 0 Å². The number of thioether (sulfide) groups is 1. The Balaban J connectivity index is 2.22. The summed E-state index contributed by atoms with van der Waals surface area (Å²) in [6, 6.07) is 4.90. The summed E-state index contributed by atoms with van der Waals surface area (Å²) >= 11 is 0.969. The molecule has 0 fully saturated rings. The highest BCUT2D eigenvalue weighted by Crippen LogP contribution is 2.41. The Morgan fingerprint density at radius 3 is 2.46 bits per heavy atom. The fraction of sp³-hybridized carbons (Fsp3) is 0.471. The summed E-state index contributed by atoms with van der Waals surface area (Å²) in [4.78, 5) is 27.2. The molecule has 0 saturated heterocycles. The smallest absolute Gasteiger partial charge is 0.418 e. The summed E-state index contributed by atoms with van der Waals surface area (Å²) < 4.78 is 39.3. The number of carbonyl (C=O) groups excluding carboxylic acids is 1. The average Bonchev–Trinajstić information content (AvgIpc) is 2.83. The number of amides is 1. The number of alkyl halides is 3. The number of carboxylic acid groups (broad SMARTS) is 1. The summed E-state index contributed by atoms with van der Waals surface area (Å²) in [5.41, 5.74) is -1.55. The van der Waals surface area contributed by atoms with Crippen molar-refractivity contribution >= 4 is 34.5 Å². The number of hydrogen-bond acceptors (Lipinski definition) is 4. The number of benzene rings is 1. The second kappa shape index (κ2) is 7.30. The summed E-state index contributed by atoms with van der Waals surface area (Å²) in [6.45, 7) is 5.45. The van der Waals surface area contributed by atoms with Gasteiger partial charge in [0.05, 0.1) is 22.9 Å². The van der Waals surface area contributed by atoms with Crippen LogP contribution in [0.15, 0.2) is 29.3 Å². The van der Waals surface area contributed by atoms with Crippen LogP contribution in [0.1, 0.15) is 32.8 Å². The number of hydrogen-bond donors (Lipinski definition) is 2. The van der Waals surface area contributed by atoms with E-state index >= 15 is 0 Å². The van der Waals surface area contributed by atoms with E-state index in [0.29, 0.717) is 0 Å². The van der Waals surface area contributed by atoms with Crippen LogP contribution < -0.4 is 5.32 Å². The maximum absolute atomic E-state index is 13.1. The number of rotatable bonds is 4. The number of amidine groups is 1. The molecule has 1 aliphatic rings. The lowest BCUT2D eigenvalue weighted by Crippen LogP contribution is -2.35. The van der Waals surface area contributed by atoms with Crippen LogP contribution in [0.2, 0.25) is 0 Å². The van der Waals surface area contributed by atoms with Crippen LogP contribution in [0.4, 0.5) is 18.9 Å². The molecule has 1 aromatic carbocycles. The van der Waals surface area contributed by atoms with E-state index in [0.717, 1.165) is 17.8 Å². The first kappa shape index (κ1) is 20.3. The molecule has 142 valence electrons. The van der Waals surface area contributed by atoms with Gasteiger partial charge in [-0.1, -0.05) is 44.7 Å². The minimum Gasteiger partial charge on any atom is -0.481 e. The molecule has 2 unspecified atom stereocenters. The number of carboxylic acids is 1. The minimum absolute atomic E-state index is 0.0383. The van der Waals surface area contributed by atoms with Gasteiger partial charge >= 0.3 is 12.1 Å². The van der Waals surface area contributed by atoms with Gasteiger partial charge < -0.3 is 10.4 Å². The quantitative estimate of drug-likeness (QED) is 0.806. The molecule has 1 amide bonds. The number of aliphatic imine (C=N–C) groups is 1. The Bertz CT molecular complexity index is 742. The Hall–Kier alpha value is -2.03. The van der Waals surface area contributed by atoms with Crippen molar-refractivity contribution in [2.45, 2.75) is 38.6 Å². The van der Waals surface area contributed by atoms with Crippen molar-refractivity contribution in [2.24, 2.45) is 16.3 Å². The lowest BCUT2D eigenvalue weighted by molar-refractivity contribution is -0.139. The molecule has 0 radical (unpaired) electrons. The molecule has 1 aromatic rings. The number of nitrogens with one attached hydrogen (secondary N) is 1. The lowest BCUT2D eigenvalue weighted by atomic mass is 9.76. The number of carbonyl (C=O) groups is 2. The predicted molar refractivity (Wildman–Crippen MR) is 94.1 cm³/mol. The third kappa shape index (κ3) is 4.78. The highest BCUT2D eigenvalue weighted by molar-refractivity contribution is 8.15. The van der Waals surface area contributed by atoms with Gasteiger partial charge in [-0.15, -0.1) is 0 Å². The second-order valence-corrected chi connectivity index (χ2v) is 8.16. The molecule has 0 aromatic heterocycles. The summed E-state index contributed by atoms with van der Waals surface area (Å²) in [7, 11) is 0. The van der Waals surface area contributed by atoms with Crippen LogP contribution >= 0.6 is 11.8 Å². The Morgan fingerprint density at radius 1 is 1.31 bits per heavy atom. The Morgan fingerprint density at radius 2 is 1.92 bits per heavy atom. The van der Waals surface area contributed by atoms with E-state index in [1.807, 2.05) is 20.8 Å². The van der Waals surface area contributed by atoms with Gasteiger partial charge in [0, 0.05) is 0 Å². The van der Waals surface area contributed by atoms with Gasteiger partial charge in [-0.25, -0.2) is 0 Å². The topological polar surface area (TPSA) is 78.8 Å². The first-order valence-electron chi connectivity index (χ1n) is 7.84. The van der Waals surface area contributed by atoms with Gasteiger partial charge in [-0.3, -0.25) is 9.59 Å².